The van der Waals surface area contributed by atoms with Crippen molar-refractivity contribution in [2.45, 2.75) is 6.92 Å². The number of hydrogen-bond acceptors (Lipinski definition) is 4. The molecule has 0 aliphatic rings. The number of nitro groups is 1. The van der Waals surface area contributed by atoms with Crippen LogP contribution in [-0.2, 0) is 9.53 Å². The van der Waals surface area contributed by atoms with Crippen LogP contribution in [0.1, 0.15) is 12.5 Å². The lowest BCUT2D eigenvalue weighted by Crippen LogP contribution is -1.98. The summed E-state index contributed by atoms with van der Waals surface area (Å²) in [4.78, 5) is 20.5. The van der Waals surface area contributed by atoms with E-state index in [9.17, 15) is 19.3 Å². The van der Waals surface area contributed by atoms with Gasteiger partial charge in [0.15, 0.2) is 0 Å². The molecule has 0 aromatic heterocycles. The largest absolute Gasteiger partial charge is 0.463 e. The Morgan fingerprint density at radius 1 is 1.59 bits per heavy atom. The molecule has 5 nitrogen and oxygen atoms in total. The van der Waals surface area contributed by atoms with E-state index in [1.165, 1.54) is 12.1 Å². The van der Waals surface area contributed by atoms with Crippen LogP contribution in [-0.4, -0.2) is 17.5 Å². The van der Waals surface area contributed by atoms with Crippen LogP contribution in [0.5, 0.6) is 0 Å². The number of halogens is 1. The lowest BCUT2D eigenvalue weighted by atomic mass is 10.2. The molecule has 0 saturated carbocycles. The normalized spacial score (nSPS) is 10.5. The van der Waals surface area contributed by atoms with Crippen molar-refractivity contribution in [1.82, 2.24) is 0 Å². The molecule has 0 heterocycles. The average Bonchev–Trinajstić information content (AvgIpc) is 2.26. The number of nitrogens with zero attached hydrogens (tertiary/aromatic N) is 1. The fourth-order valence-corrected chi connectivity index (χ4v) is 1.13. The lowest BCUT2D eigenvalue weighted by Gasteiger charge is -1.97. The van der Waals surface area contributed by atoms with E-state index in [1.54, 1.807) is 6.92 Å². The molecular weight excluding hydrogens is 229 g/mol. The van der Waals surface area contributed by atoms with Gasteiger partial charge in [0.1, 0.15) is 0 Å². The molecule has 6 heteroatoms. The Bertz CT molecular complexity index is 471. The van der Waals surface area contributed by atoms with Gasteiger partial charge in [0.05, 0.1) is 11.5 Å². The lowest BCUT2D eigenvalue weighted by molar-refractivity contribution is -0.387. The van der Waals surface area contributed by atoms with Crippen molar-refractivity contribution < 1.29 is 18.8 Å². The molecule has 0 unspecified atom stereocenters. The van der Waals surface area contributed by atoms with Gasteiger partial charge in [-0.15, -0.1) is 0 Å². The highest BCUT2D eigenvalue weighted by Gasteiger charge is 2.12. The van der Waals surface area contributed by atoms with Crippen LogP contribution < -0.4 is 0 Å². The average molecular weight is 239 g/mol. The SMILES string of the molecule is CCOC(=O)C=Cc1ccc([N+](=O)[O-])c(F)c1. The second kappa shape index (κ2) is 5.74. The van der Waals surface area contributed by atoms with Crippen LogP contribution in [0.25, 0.3) is 6.08 Å². The molecule has 90 valence electrons. The van der Waals surface area contributed by atoms with Crippen molar-refractivity contribution in [3.8, 4) is 0 Å². The molecule has 0 spiro atoms. The first kappa shape index (κ1) is 12.8. The number of ether oxygens (including phenoxy) is 1. The van der Waals surface area contributed by atoms with Crippen molar-refractivity contribution >= 4 is 17.7 Å². The predicted molar refractivity (Wildman–Crippen MR) is 58.7 cm³/mol. The maximum absolute atomic E-state index is 13.2. The summed E-state index contributed by atoms with van der Waals surface area (Å²) < 4.78 is 17.8. The Labute approximate surface area is 96.7 Å². The molecule has 1 rings (SSSR count). The van der Waals surface area contributed by atoms with Crippen molar-refractivity contribution in [2.75, 3.05) is 6.61 Å². The summed E-state index contributed by atoms with van der Waals surface area (Å²) in [6, 6.07) is 3.37. The van der Waals surface area contributed by atoms with E-state index in [0.29, 0.717) is 5.56 Å². The van der Waals surface area contributed by atoms with Crippen LogP contribution >= 0.6 is 0 Å². The first-order chi connectivity index (χ1) is 8.04. The summed E-state index contributed by atoms with van der Waals surface area (Å²) in [6.07, 6.45) is 2.45. The number of nitro benzene ring substituents is 1. The Kier molecular flexibility index (Phi) is 4.33. The smallest absolute Gasteiger partial charge is 0.330 e. The summed E-state index contributed by atoms with van der Waals surface area (Å²) >= 11 is 0. The van der Waals surface area contributed by atoms with Gasteiger partial charge >= 0.3 is 11.7 Å². The van der Waals surface area contributed by atoms with Crippen molar-refractivity contribution in [1.29, 1.82) is 0 Å². The van der Waals surface area contributed by atoms with E-state index in [4.69, 9.17) is 0 Å². The predicted octanol–water partition coefficient (Wildman–Crippen LogP) is 2.31. The van der Waals surface area contributed by atoms with Crippen LogP contribution in [0.4, 0.5) is 10.1 Å². The third-order valence-corrected chi connectivity index (χ3v) is 1.87. The number of carbonyl (C=O) groups is 1. The summed E-state index contributed by atoms with van der Waals surface area (Å²) in [6.45, 7) is 1.91. The topological polar surface area (TPSA) is 69.4 Å². The Morgan fingerprint density at radius 3 is 2.82 bits per heavy atom. The number of rotatable bonds is 4. The molecule has 0 saturated heterocycles. The van der Waals surface area contributed by atoms with Gasteiger partial charge in [-0.25, -0.2) is 4.79 Å². The Morgan fingerprint density at radius 2 is 2.29 bits per heavy atom. The maximum Gasteiger partial charge on any atom is 0.330 e. The molecule has 0 bridgehead atoms. The minimum absolute atomic E-state index is 0.248. The Hall–Kier alpha value is -2.24. The number of carbonyl (C=O) groups excluding carboxylic acids is 1. The molecule has 17 heavy (non-hydrogen) atoms. The highest BCUT2D eigenvalue weighted by Crippen LogP contribution is 2.18. The second-order valence-corrected chi connectivity index (χ2v) is 3.05. The van der Waals surface area contributed by atoms with E-state index in [-0.39, 0.29) is 6.61 Å². The van der Waals surface area contributed by atoms with E-state index in [0.717, 1.165) is 18.2 Å². The minimum atomic E-state index is -0.944. The van der Waals surface area contributed by atoms with E-state index >= 15 is 0 Å². The quantitative estimate of drug-likeness (QED) is 0.350. The van der Waals surface area contributed by atoms with Crippen LogP contribution in [0.3, 0.4) is 0 Å². The van der Waals surface area contributed by atoms with E-state index in [2.05, 4.69) is 4.74 Å². The molecule has 0 aliphatic heterocycles. The van der Waals surface area contributed by atoms with Crippen molar-refractivity contribution in [3.63, 3.8) is 0 Å². The zero-order valence-electron chi connectivity index (χ0n) is 9.05. The molecular formula is C11H10FNO4. The number of benzene rings is 1. The molecule has 0 atom stereocenters. The van der Waals surface area contributed by atoms with Crippen LogP contribution in [0.15, 0.2) is 24.3 Å². The van der Waals surface area contributed by atoms with E-state index < -0.39 is 22.4 Å². The van der Waals surface area contributed by atoms with E-state index in [1.807, 2.05) is 0 Å². The number of esters is 1. The zero-order valence-corrected chi connectivity index (χ0v) is 9.05. The third-order valence-electron chi connectivity index (χ3n) is 1.87. The van der Waals surface area contributed by atoms with Gasteiger partial charge < -0.3 is 4.74 Å². The van der Waals surface area contributed by atoms with Gasteiger partial charge in [-0.2, -0.15) is 4.39 Å². The van der Waals surface area contributed by atoms with Crippen LogP contribution in [0, 0.1) is 15.9 Å². The monoisotopic (exact) mass is 239 g/mol. The van der Waals surface area contributed by atoms with Gasteiger partial charge in [-0.3, -0.25) is 10.1 Å². The summed E-state index contributed by atoms with van der Waals surface area (Å²) in [7, 11) is 0. The first-order valence-corrected chi connectivity index (χ1v) is 4.83. The molecule has 1 aromatic rings. The fourth-order valence-electron chi connectivity index (χ4n) is 1.13. The summed E-state index contributed by atoms with van der Waals surface area (Å²) in [5, 5.41) is 10.4. The minimum Gasteiger partial charge on any atom is -0.463 e. The summed E-state index contributed by atoms with van der Waals surface area (Å²) in [5.41, 5.74) is -0.251. The maximum atomic E-state index is 13.2. The van der Waals surface area contributed by atoms with Crippen LogP contribution in [0.2, 0.25) is 0 Å². The third kappa shape index (κ3) is 3.67. The molecule has 0 radical (unpaired) electrons. The van der Waals surface area contributed by atoms with Gasteiger partial charge in [0.2, 0.25) is 5.82 Å². The molecule has 0 aliphatic carbocycles. The molecule has 1 aromatic carbocycles. The number of hydrogen-bond donors (Lipinski definition) is 0. The van der Waals surface area contributed by atoms with Gasteiger partial charge in [0.25, 0.3) is 0 Å². The standard InChI is InChI=1S/C11H10FNO4/c1-2-17-11(14)6-4-8-3-5-10(13(15)16)9(12)7-8/h3-7H,2H2,1H3. The van der Waals surface area contributed by atoms with Gasteiger partial charge in [0, 0.05) is 12.1 Å². The second-order valence-electron chi connectivity index (χ2n) is 3.05. The summed E-state index contributed by atoms with van der Waals surface area (Å²) in [5.74, 6) is -1.49. The molecule has 0 amide bonds. The van der Waals surface area contributed by atoms with Crippen molar-refractivity contribution in [2.24, 2.45) is 0 Å². The highest BCUT2D eigenvalue weighted by atomic mass is 19.1. The molecule has 0 fully saturated rings. The first-order valence-electron chi connectivity index (χ1n) is 4.83. The molecule has 0 N–H and O–H groups in total. The van der Waals surface area contributed by atoms with Gasteiger partial charge in [-0.05, 0) is 30.7 Å². The zero-order chi connectivity index (χ0) is 12.8. The Balaban J connectivity index is 2.84. The van der Waals surface area contributed by atoms with Crippen molar-refractivity contribution in [3.05, 3.63) is 45.8 Å². The highest BCUT2D eigenvalue weighted by molar-refractivity contribution is 5.87. The fraction of sp³-hybridized carbons (Fsp3) is 0.182. The van der Waals surface area contributed by atoms with Gasteiger partial charge in [-0.1, -0.05) is 0 Å².